The molecule has 1 aliphatic rings. The normalized spacial score (nSPS) is 16.8. The summed E-state index contributed by atoms with van der Waals surface area (Å²) < 4.78 is 0. The molecule has 0 fully saturated rings. The van der Waals surface area contributed by atoms with Crippen LogP contribution in [0.3, 0.4) is 0 Å². The predicted octanol–water partition coefficient (Wildman–Crippen LogP) is 1.33. The van der Waals surface area contributed by atoms with Crippen molar-refractivity contribution in [3.63, 3.8) is 0 Å². The molecule has 0 aliphatic heterocycles. The Morgan fingerprint density at radius 3 is 2.80 bits per heavy atom. The van der Waals surface area contributed by atoms with Crippen LogP contribution in [-0.2, 0) is 4.79 Å². The van der Waals surface area contributed by atoms with Crippen LogP contribution in [0.25, 0.3) is 0 Å². The highest BCUT2D eigenvalue weighted by atomic mass is 32.1. The number of hydrogen-bond donors (Lipinski definition) is 1. The molecule has 3 heteroatoms. The summed E-state index contributed by atoms with van der Waals surface area (Å²) >= 11 is 4.81. The van der Waals surface area contributed by atoms with Gasteiger partial charge in [0.15, 0.2) is 0 Å². The number of thiocarbonyl (C=S) groups is 1. The van der Waals surface area contributed by atoms with Gasteiger partial charge in [-0.25, -0.2) is 4.79 Å². The van der Waals surface area contributed by atoms with E-state index in [0.29, 0.717) is 11.3 Å². The first kappa shape index (κ1) is 7.15. The number of hydrogen-bond acceptors (Lipinski definition) is 2. The molecule has 1 N–H and O–H groups in total. The Balaban J connectivity index is 2.86. The van der Waals surface area contributed by atoms with E-state index in [-0.39, 0.29) is 5.57 Å². The van der Waals surface area contributed by atoms with Gasteiger partial charge in [-0.3, -0.25) is 0 Å². The van der Waals surface area contributed by atoms with Gasteiger partial charge >= 0.3 is 5.97 Å². The minimum Gasteiger partial charge on any atom is -0.478 e. The third-order valence-electron chi connectivity index (χ3n) is 1.18. The number of allylic oxidation sites excluding steroid dienone is 2. The van der Waals surface area contributed by atoms with E-state index in [1.54, 1.807) is 12.2 Å². The van der Waals surface area contributed by atoms with Gasteiger partial charge in [0, 0.05) is 11.3 Å². The summed E-state index contributed by atoms with van der Waals surface area (Å²) in [6.45, 7) is 0. The second-order valence-corrected chi connectivity index (χ2v) is 2.50. The standard InChI is InChI=1S/C7H6O2S/c8-7(9)5-2-1-3-6(10)4-5/h1-2,4H,3H2,(H,8,9). The van der Waals surface area contributed by atoms with E-state index in [0.717, 1.165) is 0 Å². The highest BCUT2D eigenvalue weighted by Crippen LogP contribution is 2.07. The molecule has 0 aromatic rings. The molecular weight excluding hydrogens is 148 g/mol. The van der Waals surface area contributed by atoms with Crippen molar-refractivity contribution in [3.05, 3.63) is 23.8 Å². The molecule has 0 radical (unpaired) electrons. The van der Waals surface area contributed by atoms with E-state index in [1.165, 1.54) is 6.08 Å². The molecule has 2 nitrogen and oxygen atoms in total. The Kier molecular flexibility index (Phi) is 1.97. The van der Waals surface area contributed by atoms with E-state index in [4.69, 9.17) is 17.3 Å². The van der Waals surface area contributed by atoms with Gasteiger partial charge in [0.05, 0.1) is 5.57 Å². The van der Waals surface area contributed by atoms with Crippen molar-refractivity contribution < 1.29 is 9.90 Å². The van der Waals surface area contributed by atoms with Crippen LogP contribution in [0.15, 0.2) is 23.8 Å². The van der Waals surface area contributed by atoms with Crippen molar-refractivity contribution in [1.82, 2.24) is 0 Å². The average Bonchev–Trinajstić information content (AvgIpc) is 1.88. The predicted molar refractivity (Wildman–Crippen MR) is 42.1 cm³/mol. The molecule has 0 saturated heterocycles. The third-order valence-corrected chi connectivity index (χ3v) is 1.46. The summed E-state index contributed by atoms with van der Waals surface area (Å²) in [6, 6.07) is 0. The van der Waals surface area contributed by atoms with Gasteiger partial charge in [0.25, 0.3) is 0 Å². The van der Waals surface area contributed by atoms with Crippen LogP contribution < -0.4 is 0 Å². The molecule has 1 rings (SSSR count). The number of rotatable bonds is 1. The summed E-state index contributed by atoms with van der Waals surface area (Å²) in [6.07, 6.45) is 5.52. The van der Waals surface area contributed by atoms with Crippen molar-refractivity contribution in [2.24, 2.45) is 0 Å². The molecule has 10 heavy (non-hydrogen) atoms. The molecule has 0 heterocycles. The number of aliphatic carboxylic acids is 1. The number of carbonyl (C=O) groups is 1. The zero-order chi connectivity index (χ0) is 7.56. The van der Waals surface area contributed by atoms with Crippen molar-refractivity contribution >= 4 is 23.1 Å². The fourth-order valence-electron chi connectivity index (χ4n) is 0.716. The Hall–Kier alpha value is -0.960. The van der Waals surface area contributed by atoms with Crippen LogP contribution in [0.5, 0.6) is 0 Å². The first-order valence-corrected chi connectivity index (χ1v) is 3.25. The molecule has 0 amide bonds. The molecule has 0 bridgehead atoms. The summed E-state index contributed by atoms with van der Waals surface area (Å²) in [4.78, 5) is 11.0. The van der Waals surface area contributed by atoms with Gasteiger partial charge < -0.3 is 5.11 Å². The second-order valence-electron chi connectivity index (χ2n) is 1.98. The number of carboxylic acid groups (broad SMARTS) is 1. The lowest BCUT2D eigenvalue weighted by Gasteiger charge is -2.00. The molecule has 0 aromatic heterocycles. The Bertz CT molecular complexity index is 236. The number of carboxylic acids is 1. The second kappa shape index (κ2) is 2.75. The zero-order valence-corrected chi connectivity index (χ0v) is 6.02. The van der Waals surface area contributed by atoms with Crippen molar-refractivity contribution in [2.45, 2.75) is 6.42 Å². The van der Waals surface area contributed by atoms with E-state index in [1.807, 2.05) is 0 Å². The fraction of sp³-hybridized carbons (Fsp3) is 0.143. The molecule has 0 aromatic carbocycles. The average molecular weight is 154 g/mol. The van der Waals surface area contributed by atoms with E-state index < -0.39 is 5.97 Å². The zero-order valence-electron chi connectivity index (χ0n) is 5.20. The lowest BCUT2D eigenvalue weighted by atomic mass is 10.1. The van der Waals surface area contributed by atoms with Crippen LogP contribution in [0, 0.1) is 0 Å². The monoisotopic (exact) mass is 154 g/mol. The maximum atomic E-state index is 10.3. The molecule has 1 aliphatic carbocycles. The fourth-order valence-corrected chi connectivity index (χ4v) is 0.939. The quantitative estimate of drug-likeness (QED) is 0.579. The van der Waals surface area contributed by atoms with Crippen LogP contribution >= 0.6 is 12.2 Å². The van der Waals surface area contributed by atoms with Crippen molar-refractivity contribution in [2.75, 3.05) is 0 Å². The third kappa shape index (κ3) is 1.51. The van der Waals surface area contributed by atoms with Gasteiger partial charge in [-0.2, -0.15) is 0 Å². The van der Waals surface area contributed by atoms with Gasteiger partial charge in [-0.05, 0) is 6.08 Å². The van der Waals surface area contributed by atoms with Gasteiger partial charge in [-0.1, -0.05) is 24.4 Å². The Labute approximate surface area is 63.9 Å². The molecule has 0 spiro atoms. The minimum absolute atomic E-state index is 0.274. The van der Waals surface area contributed by atoms with Crippen molar-refractivity contribution in [1.29, 1.82) is 0 Å². The van der Waals surface area contributed by atoms with E-state index in [9.17, 15) is 4.79 Å². The van der Waals surface area contributed by atoms with Crippen LogP contribution in [-0.4, -0.2) is 15.9 Å². The minimum atomic E-state index is -0.918. The largest absolute Gasteiger partial charge is 0.478 e. The first-order valence-electron chi connectivity index (χ1n) is 2.84. The van der Waals surface area contributed by atoms with Crippen molar-refractivity contribution in [3.8, 4) is 0 Å². The Morgan fingerprint density at radius 2 is 2.40 bits per heavy atom. The lowest BCUT2D eigenvalue weighted by Crippen LogP contribution is -2.03. The summed E-state index contributed by atoms with van der Waals surface area (Å²) in [5.74, 6) is -0.918. The lowest BCUT2D eigenvalue weighted by molar-refractivity contribution is -0.132. The summed E-state index contributed by atoms with van der Waals surface area (Å²) in [5.41, 5.74) is 0.274. The van der Waals surface area contributed by atoms with Gasteiger partial charge in [0.1, 0.15) is 0 Å². The highest BCUT2D eigenvalue weighted by Gasteiger charge is 2.06. The molecule has 0 saturated carbocycles. The summed E-state index contributed by atoms with van der Waals surface area (Å²) in [5, 5.41) is 8.48. The van der Waals surface area contributed by atoms with E-state index in [2.05, 4.69) is 0 Å². The first-order chi connectivity index (χ1) is 4.70. The van der Waals surface area contributed by atoms with Crippen LogP contribution in [0.1, 0.15) is 6.42 Å². The Morgan fingerprint density at radius 1 is 1.70 bits per heavy atom. The van der Waals surface area contributed by atoms with E-state index >= 15 is 0 Å². The highest BCUT2D eigenvalue weighted by molar-refractivity contribution is 7.80. The van der Waals surface area contributed by atoms with Gasteiger partial charge in [-0.15, -0.1) is 0 Å². The van der Waals surface area contributed by atoms with Crippen LogP contribution in [0.4, 0.5) is 0 Å². The molecule has 0 unspecified atom stereocenters. The topological polar surface area (TPSA) is 37.3 Å². The smallest absolute Gasteiger partial charge is 0.335 e. The maximum absolute atomic E-state index is 10.3. The van der Waals surface area contributed by atoms with Crippen LogP contribution in [0.2, 0.25) is 0 Å². The molecule has 0 atom stereocenters. The SMILES string of the molecule is O=C(O)C1=CC(=S)CC=C1. The molecule has 52 valence electrons. The molecular formula is C7H6O2S. The maximum Gasteiger partial charge on any atom is 0.335 e. The van der Waals surface area contributed by atoms with Gasteiger partial charge in [0.2, 0.25) is 0 Å². The summed E-state index contributed by atoms with van der Waals surface area (Å²) in [7, 11) is 0.